The Hall–Kier alpha value is -1.33. The van der Waals surface area contributed by atoms with Gasteiger partial charge < -0.3 is 10.2 Å². The highest BCUT2D eigenvalue weighted by Crippen LogP contribution is 2.35. The van der Waals surface area contributed by atoms with Crippen molar-refractivity contribution in [2.45, 2.75) is 19.4 Å². The molecule has 0 saturated carbocycles. The molecule has 98 valence electrons. The van der Waals surface area contributed by atoms with E-state index in [0.717, 1.165) is 19.6 Å². The predicted octanol–water partition coefficient (Wildman–Crippen LogP) is 2.44. The number of nitrogens with zero attached hydrogens (tertiary/aromatic N) is 2. The quantitative estimate of drug-likeness (QED) is 0.662. The maximum atomic E-state index is 11.1. The molecule has 2 rings (SSSR count). The number of benzene rings is 1. The minimum Gasteiger partial charge on any atom is -0.358 e. The zero-order valence-electron chi connectivity index (χ0n) is 10.4. The van der Waals surface area contributed by atoms with Crippen LogP contribution in [0.3, 0.4) is 0 Å². The second kappa shape index (κ2) is 4.74. The first-order valence-electron chi connectivity index (χ1n) is 5.84. The van der Waals surface area contributed by atoms with Gasteiger partial charge in [0.1, 0.15) is 5.69 Å². The van der Waals surface area contributed by atoms with E-state index in [9.17, 15) is 10.1 Å². The third-order valence-corrected chi connectivity index (χ3v) is 3.46. The molecule has 1 aromatic rings. The summed E-state index contributed by atoms with van der Waals surface area (Å²) in [4.78, 5) is 12.8. The fraction of sp³-hybridized carbons (Fsp3) is 0.500. The number of anilines is 1. The molecular weight excluding hydrogens is 254 g/mol. The van der Waals surface area contributed by atoms with Gasteiger partial charge in [-0.15, -0.1) is 0 Å². The van der Waals surface area contributed by atoms with Crippen molar-refractivity contribution >= 4 is 23.0 Å². The molecule has 1 N–H and O–H groups in total. The molecule has 1 heterocycles. The Kier molecular flexibility index (Phi) is 3.45. The Morgan fingerprint density at radius 2 is 2.22 bits per heavy atom. The Labute approximate surface area is 111 Å². The highest BCUT2D eigenvalue weighted by molar-refractivity contribution is 6.30. The fourth-order valence-electron chi connectivity index (χ4n) is 2.30. The largest absolute Gasteiger partial charge is 0.358 e. The summed E-state index contributed by atoms with van der Waals surface area (Å²) in [5, 5.41) is 14.8. The highest BCUT2D eigenvalue weighted by Gasteiger charge is 2.33. The number of nitrogens with one attached hydrogen (secondary N) is 1. The molecule has 1 aliphatic rings. The van der Waals surface area contributed by atoms with Gasteiger partial charge in [-0.2, -0.15) is 0 Å². The molecule has 6 heteroatoms. The molecule has 1 aliphatic heterocycles. The summed E-state index contributed by atoms with van der Waals surface area (Å²) in [6, 6.07) is 4.84. The van der Waals surface area contributed by atoms with Crippen molar-refractivity contribution in [3.05, 3.63) is 33.3 Å². The van der Waals surface area contributed by atoms with Crippen LogP contribution in [0.4, 0.5) is 11.4 Å². The lowest BCUT2D eigenvalue weighted by Crippen LogP contribution is -2.58. The van der Waals surface area contributed by atoms with E-state index in [-0.39, 0.29) is 16.1 Å². The van der Waals surface area contributed by atoms with Crippen LogP contribution < -0.4 is 10.2 Å². The Balaban J connectivity index is 2.46. The molecule has 0 unspecified atom stereocenters. The molecule has 18 heavy (non-hydrogen) atoms. The molecular formula is C12H16ClN3O2. The molecule has 1 aromatic carbocycles. The maximum Gasteiger partial charge on any atom is 0.294 e. The van der Waals surface area contributed by atoms with Crippen LogP contribution in [0.25, 0.3) is 0 Å². The second-order valence-corrected chi connectivity index (χ2v) is 5.47. The summed E-state index contributed by atoms with van der Waals surface area (Å²) in [5.41, 5.74) is 0.546. The lowest BCUT2D eigenvalue weighted by Gasteiger charge is -2.44. The van der Waals surface area contributed by atoms with Gasteiger partial charge in [-0.1, -0.05) is 11.6 Å². The molecule has 0 radical (unpaired) electrons. The number of nitro groups is 1. The van der Waals surface area contributed by atoms with E-state index in [2.05, 4.69) is 24.1 Å². The van der Waals surface area contributed by atoms with E-state index >= 15 is 0 Å². The zero-order valence-corrected chi connectivity index (χ0v) is 11.2. The Morgan fingerprint density at radius 3 is 2.83 bits per heavy atom. The summed E-state index contributed by atoms with van der Waals surface area (Å²) in [5.74, 6) is 0. The zero-order chi connectivity index (χ0) is 13.3. The van der Waals surface area contributed by atoms with Crippen molar-refractivity contribution in [1.82, 2.24) is 5.32 Å². The van der Waals surface area contributed by atoms with Gasteiger partial charge in [-0.3, -0.25) is 10.1 Å². The van der Waals surface area contributed by atoms with Gasteiger partial charge in [0, 0.05) is 36.3 Å². The van der Waals surface area contributed by atoms with Crippen molar-refractivity contribution in [1.29, 1.82) is 0 Å². The minimum absolute atomic E-state index is 0.0671. The van der Waals surface area contributed by atoms with Crippen molar-refractivity contribution < 1.29 is 4.92 Å². The number of hydrogen-bond donors (Lipinski definition) is 1. The summed E-state index contributed by atoms with van der Waals surface area (Å²) < 4.78 is 0. The van der Waals surface area contributed by atoms with Crippen LogP contribution in [-0.2, 0) is 0 Å². The van der Waals surface area contributed by atoms with Crippen molar-refractivity contribution in [3.8, 4) is 0 Å². The monoisotopic (exact) mass is 269 g/mol. The molecule has 5 nitrogen and oxygen atoms in total. The van der Waals surface area contributed by atoms with Gasteiger partial charge in [0.05, 0.1) is 4.92 Å². The molecule has 1 saturated heterocycles. The second-order valence-electron chi connectivity index (χ2n) is 5.03. The predicted molar refractivity (Wildman–Crippen MR) is 72.4 cm³/mol. The summed E-state index contributed by atoms with van der Waals surface area (Å²) >= 11 is 5.84. The van der Waals surface area contributed by atoms with E-state index in [0.29, 0.717) is 10.7 Å². The number of hydrogen-bond acceptors (Lipinski definition) is 4. The molecule has 0 atom stereocenters. The minimum atomic E-state index is -0.376. The fourth-order valence-corrected chi connectivity index (χ4v) is 2.47. The topological polar surface area (TPSA) is 58.4 Å². The van der Waals surface area contributed by atoms with Gasteiger partial charge in [-0.25, -0.2) is 0 Å². The molecule has 0 spiro atoms. The van der Waals surface area contributed by atoms with Crippen molar-refractivity contribution in [3.63, 3.8) is 0 Å². The van der Waals surface area contributed by atoms with Crippen LogP contribution in [0, 0.1) is 10.1 Å². The Morgan fingerprint density at radius 1 is 1.50 bits per heavy atom. The first-order valence-corrected chi connectivity index (χ1v) is 6.22. The van der Waals surface area contributed by atoms with Crippen LogP contribution in [0.2, 0.25) is 5.02 Å². The standard InChI is InChI=1S/C12H16ClN3O2/c1-12(2)8-14-5-6-15(12)10-4-3-9(13)7-11(10)16(17)18/h3-4,7,14H,5-6,8H2,1-2H3. The Bertz CT molecular complexity index is 476. The molecule has 0 aromatic heterocycles. The third-order valence-electron chi connectivity index (χ3n) is 3.23. The summed E-state index contributed by atoms with van der Waals surface area (Å²) in [6.45, 7) is 6.50. The van der Waals surface area contributed by atoms with Gasteiger partial charge >= 0.3 is 0 Å². The molecule has 0 amide bonds. The van der Waals surface area contributed by atoms with Crippen molar-refractivity contribution in [2.75, 3.05) is 24.5 Å². The molecule has 0 aliphatic carbocycles. The van der Waals surface area contributed by atoms with Gasteiger partial charge in [0.25, 0.3) is 5.69 Å². The first kappa shape index (κ1) is 13.1. The summed E-state index contributed by atoms with van der Waals surface area (Å²) in [6.07, 6.45) is 0. The van der Waals surface area contributed by atoms with E-state index < -0.39 is 0 Å². The van der Waals surface area contributed by atoms with Crippen LogP contribution in [0.1, 0.15) is 13.8 Å². The average molecular weight is 270 g/mol. The van der Waals surface area contributed by atoms with E-state index in [1.54, 1.807) is 12.1 Å². The van der Waals surface area contributed by atoms with Gasteiger partial charge in [-0.05, 0) is 26.0 Å². The maximum absolute atomic E-state index is 11.1. The number of rotatable bonds is 2. The van der Waals surface area contributed by atoms with Crippen LogP contribution in [0.5, 0.6) is 0 Å². The number of piperazine rings is 1. The van der Waals surface area contributed by atoms with E-state index in [1.165, 1.54) is 6.07 Å². The number of nitro benzene ring substituents is 1. The highest BCUT2D eigenvalue weighted by atomic mass is 35.5. The van der Waals surface area contributed by atoms with Crippen molar-refractivity contribution in [2.24, 2.45) is 0 Å². The lowest BCUT2D eigenvalue weighted by atomic mass is 9.98. The van der Waals surface area contributed by atoms with Crippen LogP contribution in [-0.4, -0.2) is 30.1 Å². The van der Waals surface area contributed by atoms with E-state index in [4.69, 9.17) is 11.6 Å². The first-order chi connectivity index (χ1) is 8.42. The van der Waals surface area contributed by atoms with Crippen LogP contribution >= 0.6 is 11.6 Å². The van der Waals surface area contributed by atoms with Gasteiger partial charge in [0.15, 0.2) is 0 Å². The lowest BCUT2D eigenvalue weighted by molar-refractivity contribution is -0.384. The smallest absolute Gasteiger partial charge is 0.294 e. The molecule has 1 fully saturated rings. The SMILES string of the molecule is CC1(C)CNCCN1c1ccc(Cl)cc1[N+](=O)[O-]. The van der Waals surface area contributed by atoms with Gasteiger partial charge in [0.2, 0.25) is 0 Å². The van der Waals surface area contributed by atoms with Crippen LogP contribution in [0.15, 0.2) is 18.2 Å². The molecule has 0 bridgehead atoms. The average Bonchev–Trinajstić information content (AvgIpc) is 2.29. The normalized spacial score (nSPS) is 18.7. The summed E-state index contributed by atoms with van der Waals surface area (Å²) in [7, 11) is 0. The number of halogens is 1. The third kappa shape index (κ3) is 2.42. The van der Waals surface area contributed by atoms with E-state index in [1.807, 2.05) is 0 Å².